The van der Waals surface area contributed by atoms with Gasteiger partial charge in [-0.05, 0) is 25.5 Å². The molecule has 2 aromatic rings. The molecule has 0 spiro atoms. The zero-order chi connectivity index (χ0) is 15.1. The number of amides is 1. The van der Waals surface area contributed by atoms with Gasteiger partial charge in [0.15, 0.2) is 0 Å². The van der Waals surface area contributed by atoms with Gasteiger partial charge in [-0.25, -0.2) is 8.78 Å². The van der Waals surface area contributed by atoms with Gasteiger partial charge in [0.05, 0.1) is 17.4 Å². The lowest BCUT2D eigenvalue weighted by Crippen LogP contribution is -2.32. The third-order valence-electron chi connectivity index (χ3n) is 3.96. The third kappa shape index (κ3) is 2.20. The van der Waals surface area contributed by atoms with Crippen LogP contribution in [0, 0.1) is 11.6 Å². The zero-order valence-corrected chi connectivity index (χ0v) is 11.8. The normalized spacial score (nSPS) is 17.7. The molecule has 0 bridgehead atoms. The van der Waals surface area contributed by atoms with Crippen molar-refractivity contribution in [2.24, 2.45) is 7.05 Å². The molecule has 0 saturated heterocycles. The Balaban J connectivity index is 2.15. The highest BCUT2D eigenvalue weighted by Crippen LogP contribution is 2.35. The van der Waals surface area contributed by atoms with Gasteiger partial charge in [0.2, 0.25) is 6.41 Å². The summed E-state index contributed by atoms with van der Waals surface area (Å²) in [6.07, 6.45) is 1.43. The molecule has 1 atom stereocenters. The molecule has 6 heteroatoms. The van der Waals surface area contributed by atoms with Crippen molar-refractivity contribution in [1.29, 1.82) is 0 Å². The van der Waals surface area contributed by atoms with Gasteiger partial charge in [0.25, 0.3) is 0 Å². The Morgan fingerprint density at radius 3 is 2.57 bits per heavy atom. The molecule has 0 fully saturated rings. The molecule has 0 aliphatic carbocycles. The summed E-state index contributed by atoms with van der Waals surface area (Å²) in [7, 11) is 1.74. The second kappa shape index (κ2) is 4.95. The van der Waals surface area contributed by atoms with Crippen LogP contribution >= 0.6 is 0 Å². The first-order valence-electron chi connectivity index (χ1n) is 6.74. The van der Waals surface area contributed by atoms with E-state index in [2.05, 4.69) is 5.10 Å². The van der Waals surface area contributed by atoms with Crippen LogP contribution in [0.15, 0.2) is 18.2 Å². The maximum atomic E-state index is 13.5. The Morgan fingerprint density at radius 1 is 1.29 bits per heavy atom. The summed E-state index contributed by atoms with van der Waals surface area (Å²) >= 11 is 0. The fourth-order valence-electron chi connectivity index (χ4n) is 2.96. The molecule has 1 amide bonds. The summed E-state index contributed by atoms with van der Waals surface area (Å²) in [4.78, 5) is 12.7. The summed E-state index contributed by atoms with van der Waals surface area (Å²) < 4.78 is 28.5. The first-order chi connectivity index (χ1) is 10.0. The summed E-state index contributed by atoms with van der Waals surface area (Å²) in [6.45, 7) is 2.48. The van der Waals surface area contributed by atoms with Gasteiger partial charge >= 0.3 is 0 Å². The van der Waals surface area contributed by atoms with E-state index < -0.39 is 11.6 Å². The molecule has 3 rings (SSSR count). The summed E-state index contributed by atoms with van der Waals surface area (Å²) in [5, 5.41) is 4.44. The molecule has 0 radical (unpaired) electrons. The molecule has 0 saturated carbocycles. The number of hydrogen-bond acceptors (Lipinski definition) is 2. The summed E-state index contributed by atoms with van der Waals surface area (Å²) in [5.74, 6) is -1.23. The molecule has 110 valence electrons. The highest BCUT2D eigenvalue weighted by atomic mass is 19.1. The fourth-order valence-corrected chi connectivity index (χ4v) is 2.96. The smallest absolute Gasteiger partial charge is 0.210 e. The van der Waals surface area contributed by atoms with Gasteiger partial charge in [0, 0.05) is 30.8 Å². The zero-order valence-electron chi connectivity index (χ0n) is 11.8. The average Bonchev–Trinajstić information content (AvgIpc) is 2.75. The van der Waals surface area contributed by atoms with Crippen LogP contribution in [0.2, 0.25) is 0 Å². The first kappa shape index (κ1) is 13.7. The minimum absolute atomic E-state index is 0.135. The van der Waals surface area contributed by atoms with Crippen molar-refractivity contribution in [3.05, 3.63) is 41.1 Å². The maximum absolute atomic E-state index is 13.5. The minimum atomic E-state index is -0.613. The van der Waals surface area contributed by atoms with E-state index in [9.17, 15) is 13.6 Å². The van der Waals surface area contributed by atoms with Crippen LogP contribution in [0.4, 0.5) is 8.78 Å². The molecule has 2 heterocycles. The van der Waals surface area contributed by atoms with Crippen LogP contribution in [-0.2, 0) is 18.3 Å². The molecular weight excluding hydrogens is 276 g/mol. The molecule has 1 aliphatic rings. The number of aromatic nitrogens is 2. The number of halogens is 2. The summed E-state index contributed by atoms with van der Waals surface area (Å²) in [6, 6.07) is 3.32. The Hall–Kier alpha value is -2.24. The van der Waals surface area contributed by atoms with Crippen molar-refractivity contribution < 1.29 is 13.6 Å². The quantitative estimate of drug-likeness (QED) is 0.797. The summed E-state index contributed by atoms with van der Waals surface area (Å²) in [5.41, 5.74) is 2.92. The molecule has 1 aromatic heterocycles. The Bertz CT molecular complexity index is 691. The molecule has 1 aromatic carbocycles. The van der Waals surface area contributed by atoms with Gasteiger partial charge in [-0.1, -0.05) is 0 Å². The van der Waals surface area contributed by atoms with E-state index in [0.29, 0.717) is 24.2 Å². The number of carbonyl (C=O) groups excluding carboxylic acids is 1. The molecule has 21 heavy (non-hydrogen) atoms. The lowest BCUT2D eigenvalue weighted by Gasteiger charge is -2.29. The lowest BCUT2D eigenvalue weighted by molar-refractivity contribution is -0.120. The van der Waals surface area contributed by atoms with Crippen molar-refractivity contribution in [3.63, 3.8) is 0 Å². The van der Waals surface area contributed by atoms with Crippen molar-refractivity contribution in [2.45, 2.75) is 19.4 Å². The fraction of sp³-hybridized carbons (Fsp3) is 0.333. The predicted octanol–water partition coefficient (Wildman–Crippen LogP) is 2.44. The highest BCUT2D eigenvalue weighted by molar-refractivity contribution is 5.66. The van der Waals surface area contributed by atoms with Crippen LogP contribution in [0.25, 0.3) is 11.3 Å². The van der Waals surface area contributed by atoms with Crippen LogP contribution in [0.5, 0.6) is 0 Å². The molecule has 1 aliphatic heterocycles. The maximum Gasteiger partial charge on any atom is 0.210 e. The topological polar surface area (TPSA) is 38.1 Å². The van der Waals surface area contributed by atoms with Crippen LogP contribution in [0.3, 0.4) is 0 Å². The Morgan fingerprint density at radius 2 is 1.95 bits per heavy atom. The van der Waals surface area contributed by atoms with E-state index >= 15 is 0 Å². The molecule has 0 N–H and O–H groups in total. The Labute approximate surface area is 121 Å². The van der Waals surface area contributed by atoms with Gasteiger partial charge in [-0.2, -0.15) is 5.10 Å². The van der Waals surface area contributed by atoms with E-state index in [0.717, 1.165) is 23.7 Å². The van der Waals surface area contributed by atoms with Crippen LogP contribution in [0.1, 0.15) is 24.2 Å². The molecular formula is C15H15F2N3O. The van der Waals surface area contributed by atoms with Crippen LogP contribution in [-0.4, -0.2) is 27.6 Å². The van der Waals surface area contributed by atoms with Crippen molar-refractivity contribution in [1.82, 2.24) is 14.7 Å². The Kier molecular flexibility index (Phi) is 3.23. The second-order valence-electron chi connectivity index (χ2n) is 5.26. The van der Waals surface area contributed by atoms with Crippen molar-refractivity contribution in [3.8, 4) is 11.3 Å². The number of aryl methyl sites for hydroxylation is 1. The lowest BCUT2D eigenvalue weighted by atomic mass is 9.96. The van der Waals surface area contributed by atoms with Crippen molar-refractivity contribution >= 4 is 6.41 Å². The molecule has 4 nitrogen and oxygen atoms in total. The number of carbonyl (C=O) groups is 1. The third-order valence-corrected chi connectivity index (χ3v) is 3.96. The number of rotatable bonds is 2. The van der Waals surface area contributed by atoms with E-state index in [1.54, 1.807) is 16.6 Å². The second-order valence-corrected chi connectivity index (χ2v) is 5.26. The average molecular weight is 291 g/mol. The van der Waals surface area contributed by atoms with E-state index in [1.165, 1.54) is 12.1 Å². The van der Waals surface area contributed by atoms with E-state index in [-0.39, 0.29) is 6.04 Å². The predicted molar refractivity (Wildman–Crippen MR) is 73.4 cm³/mol. The number of hydrogen-bond donors (Lipinski definition) is 0. The standard InChI is InChI=1S/C15H15F2N3O/c1-9-14-13(3-4-20(9)8-21)15(19(2)18-14)10-5-11(16)7-12(17)6-10/h5-9H,3-4H2,1-2H3. The largest absolute Gasteiger partial charge is 0.337 e. The molecule has 1 unspecified atom stereocenters. The SMILES string of the molecule is CC1c2nn(C)c(-c3cc(F)cc(F)c3)c2CCN1C=O. The number of benzene rings is 1. The highest BCUT2D eigenvalue weighted by Gasteiger charge is 2.29. The van der Waals surface area contributed by atoms with Gasteiger partial charge in [0.1, 0.15) is 11.6 Å². The van der Waals surface area contributed by atoms with Gasteiger partial charge in [-0.3, -0.25) is 9.48 Å². The van der Waals surface area contributed by atoms with Gasteiger partial charge in [-0.15, -0.1) is 0 Å². The first-order valence-corrected chi connectivity index (χ1v) is 6.74. The van der Waals surface area contributed by atoms with Crippen molar-refractivity contribution in [2.75, 3.05) is 6.54 Å². The van der Waals surface area contributed by atoms with Crippen LogP contribution < -0.4 is 0 Å². The number of fused-ring (bicyclic) bond motifs is 1. The monoisotopic (exact) mass is 291 g/mol. The van der Waals surface area contributed by atoms with E-state index in [1.807, 2.05) is 6.92 Å². The number of nitrogens with zero attached hydrogens (tertiary/aromatic N) is 3. The minimum Gasteiger partial charge on any atom is -0.337 e. The van der Waals surface area contributed by atoms with E-state index in [4.69, 9.17) is 0 Å². The van der Waals surface area contributed by atoms with Gasteiger partial charge < -0.3 is 4.90 Å².